The van der Waals surface area contributed by atoms with Gasteiger partial charge in [-0.15, -0.1) is 0 Å². The van der Waals surface area contributed by atoms with Crippen LogP contribution in [-0.4, -0.2) is 36.8 Å². The number of rotatable bonds is 0. The van der Waals surface area contributed by atoms with Crippen LogP contribution in [0.25, 0.3) is 0 Å². The fourth-order valence-electron chi connectivity index (χ4n) is 1.36. The number of nitrogens with one attached hydrogen (secondary N) is 1. The molecule has 3 nitrogen and oxygen atoms in total. The van der Waals surface area contributed by atoms with Gasteiger partial charge >= 0.3 is 0 Å². The zero-order valence-corrected chi connectivity index (χ0v) is 7.07. The molecule has 1 atom stereocenters. The number of fused-ring (bicyclic) bond motifs is 1. The first-order valence-corrected chi connectivity index (χ1v) is 4.07. The Morgan fingerprint density at radius 2 is 2.58 bits per heavy atom. The summed E-state index contributed by atoms with van der Waals surface area (Å²) in [6.07, 6.45) is 10.2. The fourth-order valence-corrected chi connectivity index (χ4v) is 1.36. The summed E-state index contributed by atoms with van der Waals surface area (Å²) in [5.41, 5.74) is 1.20. The lowest BCUT2D eigenvalue weighted by Gasteiger charge is -2.13. The molecule has 0 radical (unpaired) electrons. The Hall–Kier alpha value is -1.22. The summed E-state index contributed by atoms with van der Waals surface area (Å²) in [4.78, 5) is 4.32. The molecular formula is C9H12N3+. The van der Waals surface area contributed by atoms with E-state index in [1.165, 1.54) is 5.70 Å². The quantitative estimate of drug-likeness (QED) is 0.504. The predicted octanol–water partition coefficient (Wildman–Crippen LogP) is 0.153. The smallest absolute Gasteiger partial charge is 0.220 e. The van der Waals surface area contributed by atoms with Gasteiger partial charge in [-0.2, -0.15) is 0 Å². The van der Waals surface area contributed by atoms with Gasteiger partial charge in [-0.05, 0) is 0 Å². The Morgan fingerprint density at radius 3 is 3.50 bits per heavy atom. The minimum absolute atomic E-state index is 0.134. The highest BCUT2D eigenvalue weighted by Gasteiger charge is 2.22. The van der Waals surface area contributed by atoms with Crippen molar-refractivity contribution in [3.05, 3.63) is 23.9 Å². The molecule has 1 unspecified atom stereocenters. The van der Waals surface area contributed by atoms with Crippen molar-refractivity contribution < 1.29 is 4.58 Å². The first-order chi connectivity index (χ1) is 5.88. The van der Waals surface area contributed by atoms with Crippen molar-refractivity contribution in [1.82, 2.24) is 5.32 Å². The Labute approximate surface area is 71.8 Å². The number of likely N-dealkylation sites (N-methyl/N-ethyl adjacent to an activating group) is 1. The topological polar surface area (TPSA) is 27.4 Å². The van der Waals surface area contributed by atoms with Crippen molar-refractivity contribution >= 4 is 12.4 Å². The van der Waals surface area contributed by atoms with E-state index < -0.39 is 0 Å². The molecule has 2 heterocycles. The highest BCUT2D eigenvalue weighted by Crippen LogP contribution is 2.08. The van der Waals surface area contributed by atoms with E-state index in [0.29, 0.717) is 0 Å². The Morgan fingerprint density at radius 1 is 1.67 bits per heavy atom. The van der Waals surface area contributed by atoms with E-state index in [-0.39, 0.29) is 6.17 Å². The van der Waals surface area contributed by atoms with E-state index in [1.807, 2.05) is 19.5 Å². The molecular weight excluding hydrogens is 150 g/mol. The Balaban J connectivity index is 2.34. The molecule has 0 aromatic heterocycles. The summed E-state index contributed by atoms with van der Waals surface area (Å²) in [5.74, 6) is 0. The van der Waals surface area contributed by atoms with Crippen LogP contribution in [0.4, 0.5) is 0 Å². The SMILES string of the molecule is C[N+]1=CC=NC2NCC=CC=C21. The number of hydrogen-bond donors (Lipinski definition) is 1. The van der Waals surface area contributed by atoms with E-state index >= 15 is 0 Å². The van der Waals surface area contributed by atoms with Gasteiger partial charge in [-0.25, -0.2) is 4.58 Å². The zero-order valence-electron chi connectivity index (χ0n) is 7.07. The monoisotopic (exact) mass is 162 g/mol. The molecule has 0 spiro atoms. The summed E-state index contributed by atoms with van der Waals surface area (Å²) >= 11 is 0. The number of aliphatic imine (C=N–C) groups is 1. The van der Waals surface area contributed by atoms with Crippen molar-refractivity contribution in [2.45, 2.75) is 6.17 Å². The van der Waals surface area contributed by atoms with E-state index in [1.54, 1.807) is 0 Å². The van der Waals surface area contributed by atoms with Gasteiger partial charge in [0.05, 0.1) is 6.21 Å². The summed E-state index contributed by atoms with van der Waals surface area (Å²) in [7, 11) is 2.03. The molecule has 2 aliphatic rings. The van der Waals surface area contributed by atoms with Gasteiger partial charge < -0.3 is 0 Å². The summed E-state index contributed by atoms with van der Waals surface area (Å²) < 4.78 is 2.08. The van der Waals surface area contributed by atoms with Crippen LogP contribution >= 0.6 is 0 Å². The maximum absolute atomic E-state index is 4.32. The van der Waals surface area contributed by atoms with Crippen LogP contribution < -0.4 is 5.32 Å². The van der Waals surface area contributed by atoms with E-state index in [0.717, 1.165) is 6.54 Å². The molecule has 12 heavy (non-hydrogen) atoms. The van der Waals surface area contributed by atoms with Gasteiger partial charge in [-0.3, -0.25) is 10.3 Å². The van der Waals surface area contributed by atoms with Gasteiger partial charge in [-0.1, -0.05) is 12.2 Å². The number of hydrogen-bond acceptors (Lipinski definition) is 2. The van der Waals surface area contributed by atoms with E-state index in [2.05, 4.69) is 33.1 Å². The maximum Gasteiger partial charge on any atom is 0.220 e. The van der Waals surface area contributed by atoms with Crippen molar-refractivity contribution in [2.75, 3.05) is 13.6 Å². The lowest BCUT2D eigenvalue weighted by molar-refractivity contribution is -0.443. The van der Waals surface area contributed by atoms with Crippen LogP contribution in [0, 0.1) is 0 Å². The van der Waals surface area contributed by atoms with Gasteiger partial charge in [0.2, 0.25) is 5.70 Å². The second-order valence-electron chi connectivity index (χ2n) is 2.89. The minimum atomic E-state index is 0.134. The average molecular weight is 162 g/mol. The molecule has 0 aromatic carbocycles. The standard InChI is InChI=1S/C9H12N3/c1-12-7-6-11-9-8(12)4-2-3-5-10-9/h2-4,6-7,9-10H,5H2,1H3/q+1. The van der Waals surface area contributed by atoms with E-state index in [9.17, 15) is 0 Å². The molecule has 0 saturated heterocycles. The lowest BCUT2D eigenvalue weighted by atomic mass is 10.3. The van der Waals surface area contributed by atoms with Crippen LogP contribution in [0.1, 0.15) is 0 Å². The van der Waals surface area contributed by atoms with Gasteiger partial charge in [0.25, 0.3) is 0 Å². The van der Waals surface area contributed by atoms with Crippen LogP contribution in [-0.2, 0) is 0 Å². The van der Waals surface area contributed by atoms with Crippen molar-refractivity contribution in [1.29, 1.82) is 0 Å². The molecule has 1 N–H and O–H groups in total. The minimum Gasteiger partial charge on any atom is -0.283 e. The van der Waals surface area contributed by atoms with Gasteiger partial charge in [0, 0.05) is 12.6 Å². The third kappa shape index (κ3) is 1.23. The third-order valence-electron chi connectivity index (χ3n) is 2.04. The Kier molecular flexibility index (Phi) is 1.87. The van der Waals surface area contributed by atoms with Gasteiger partial charge in [0.15, 0.2) is 12.4 Å². The molecule has 0 fully saturated rings. The van der Waals surface area contributed by atoms with Crippen LogP contribution in [0.3, 0.4) is 0 Å². The third-order valence-corrected chi connectivity index (χ3v) is 2.04. The average Bonchev–Trinajstić information content (AvgIpc) is 2.30. The fraction of sp³-hybridized carbons (Fsp3) is 0.333. The number of nitrogens with zero attached hydrogens (tertiary/aromatic N) is 2. The first kappa shape index (κ1) is 7.43. The van der Waals surface area contributed by atoms with Crippen LogP contribution in [0.5, 0.6) is 0 Å². The molecule has 62 valence electrons. The highest BCUT2D eigenvalue weighted by atomic mass is 15.2. The summed E-state index contributed by atoms with van der Waals surface area (Å²) in [6.45, 7) is 0.885. The number of allylic oxidation sites excluding steroid dienone is 2. The molecule has 2 rings (SSSR count). The van der Waals surface area contributed by atoms with E-state index in [4.69, 9.17) is 0 Å². The highest BCUT2D eigenvalue weighted by molar-refractivity contribution is 6.14. The molecule has 0 saturated carbocycles. The first-order valence-electron chi connectivity index (χ1n) is 4.07. The zero-order chi connectivity index (χ0) is 8.39. The molecule has 0 aromatic rings. The second-order valence-corrected chi connectivity index (χ2v) is 2.89. The van der Waals surface area contributed by atoms with Crippen molar-refractivity contribution in [2.24, 2.45) is 4.99 Å². The molecule has 3 heteroatoms. The Bertz CT molecular complexity index is 297. The van der Waals surface area contributed by atoms with Crippen molar-refractivity contribution in [3.8, 4) is 0 Å². The molecule has 0 bridgehead atoms. The molecule has 0 aliphatic carbocycles. The predicted molar refractivity (Wildman–Crippen MR) is 49.8 cm³/mol. The van der Waals surface area contributed by atoms with Gasteiger partial charge in [0.1, 0.15) is 7.05 Å². The molecule has 2 aliphatic heterocycles. The summed E-state index contributed by atoms with van der Waals surface area (Å²) in [6, 6.07) is 0. The normalized spacial score (nSPS) is 27.2. The second kappa shape index (κ2) is 3.03. The van der Waals surface area contributed by atoms with Crippen molar-refractivity contribution in [3.63, 3.8) is 0 Å². The van der Waals surface area contributed by atoms with Crippen LogP contribution in [0.15, 0.2) is 28.9 Å². The largest absolute Gasteiger partial charge is 0.283 e. The maximum atomic E-state index is 4.32. The van der Waals surface area contributed by atoms with Crippen LogP contribution in [0.2, 0.25) is 0 Å². The summed E-state index contributed by atoms with van der Waals surface area (Å²) in [5, 5.41) is 3.30. The lowest BCUT2D eigenvalue weighted by Crippen LogP contribution is -2.35. The molecule has 0 amide bonds.